The van der Waals surface area contributed by atoms with Gasteiger partial charge in [-0.2, -0.15) is 0 Å². The Kier molecular flexibility index (Phi) is 4.80. The van der Waals surface area contributed by atoms with Crippen molar-refractivity contribution in [2.75, 3.05) is 0 Å². The van der Waals surface area contributed by atoms with Crippen LogP contribution in [0.2, 0.25) is 0 Å². The highest BCUT2D eigenvalue weighted by atomic mass is 14.9. The Morgan fingerprint density at radius 1 is 0.556 bits per heavy atom. The number of aromatic nitrogens is 2. The smallest absolute Gasteiger partial charge is 0.160 e. The van der Waals surface area contributed by atoms with Gasteiger partial charge < -0.3 is 0 Å². The number of rotatable bonds is 4. The van der Waals surface area contributed by atoms with E-state index in [1.807, 2.05) is 30.3 Å². The highest BCUT2D eigenvalue weighted by molar-refractivity contribution is 5.84. The Bertz CT molecular complexity index is 1020. The van der Waals surface area contributed by atoms with E-state index in [1.165, 1.54) is 0 Å². The lowest BCUT2D eigenvalue weighted by Crippen LogP contribution is -2.04. The summed E-state index contributed by atoms with van der Waals surface area (Å²) in [6.45, 7) is 4.39. The van der Waals surface area contributed by atoms with Crippen LogP contribution in [0.1, 0.15) is 25.5 Å². The zero-order valence-electron chi connectivity index (χ0n) is 15.6. The van der Waals surface area contributed by atoms with Crippen molar-refractivity contribution in [1.29, 1.82) is 0 Å². The maximum atomic E-state index is 5.02. The summed E-state index contributed by atoms with van der Waals surface area (Å²) >= 11 is 0. The predicted octanol–water partition coefficient (Wildman–Crippen LogP) is 6.60. The van der Waals surface area contributed by atoms with E-state index >= 15 is 0 Å². The molecule has 0 saturated carbocycles. The molecule has 0 aliphatic carbocycles. The van der Waals surface area contributed by atoms with Crippen LogP contribution >= 0.6 is 0 Å². The summed E-state index contributed by atoms with van der Waals surface area (Å²) in [5.74, 6) is 1.06. The molecule has 0 amide bonds. The molecule has 132 valence electrons. The van der Waals surface area contributed by atoms with Gasteiger partial charge in [-0.1, -0.05) is 105 Å². The third-order valence-electron chi connectivity index (χ3n) is 4.63. The molecule has 0 N–H and O–H groups in total. The van der Waals surface area contributed by atoms with Crippen molar-refractivity contribution in [2.45, 2.75) is 19.8 Å². The van der Waals surface area contributed by atoms with Crippen molar-refractivity contribution in [2.24, 2.45) is 0 Å². The van der Waals surface area contributed by atoms with Crippen molar-refractivity contribution in [3.8, 4) is 33.8 Å². The molecule has 2 nitrogen and oxygen atoms in total. The highest BCUT2D eigenvalue weighted by Gasteiger charge is 2.20. The summed E-state index contributed by atoms with van der Waals surface area (Å²) in [7, 11) is 0. The monoisotopic (exact) mass is 350 g/mol. The first-order valence-corrected chi connectivity index (χ1v) is 9.32. The zero-order chi connectivity index (χ0) is 18.6. The Morgan fingerprint density at radius 3 is 1.56 bits per heavy atom. The lowest BCUT2D eigenvalue weighted by molar-refractivity contribution is 0.821. The van der Waals surface area contributed by atoms with Crippen LogP contribution < -0.4 is 0 Å². The first kappa shape index (κ1) is 17.2. The molecule has 2 heteroatoms. The van der Waals surface area contributed by atoms with Crippen molar-refractivity contribution in [1.82, 2.24) is 9.97 Å². The molecule has 0 saturated heterocycles. The second-order valence-corrected chi connectivity index (χ2v) is 6.91. The lowest BCUT2D eigenvalue weighted by Gasteiger charge is -2.18. The van der Waals surface area contributed by atoms with E-state index in [9.17, 15) is 0 Å². The molecule has 0 bridgehead atoms. The number of benzene rings is 3. The average Bonchev–Trinajstić information content (AvgIpc) is 2.74. The van der Waals surface area contributed by atoms with E-state index in [2.05, 4.69) is 74.5 Å². The molecule has 0 aliphatic heterocycles. The summed E-state index contributed by atoms with van der Waals surface area (Å²) < 4.78 is 0. The molecule has 0 atom stereocenters. The fourth-order valence-electron chi connectivity index (χ4n) is 3.31. The van der Waals surface area contributed by atoms with Gasteiger partial charge in [0.05, 0.1) is 11.4 Å². The molecule has 4 aromatic rings. The van der Waals surface area contributed by atoms with Gasteiger partial charge in [0.25, 0.3) is 0 Å². The normalized spacial score (nSPS) is 10.9. The van der Waals surface area contributed by atoms with Gasteiger partial charge in [0, 0.05) is 16.7 Å². The van der Waals surface area contributed by atoms with E-state index < -0.39 is 0 Å². The van der Waals surface area contributed by atoms with Crippen LogP contribution in [0.5, 0.6) is 0 Å². The molecular formula is C25H22N2. The summed E-state index contributed by atoms with van der Waals surface area (Å²) in [4.78, 5) is 10.0. The Balaban J connectivity index is 2.05. The van der Waals surface area contributed by atoms with Crippen LogP contribution in [-0.2, 0) is 0 Å². The van der Waals surface area contributed by atoms with E-state index in [1.54, 1.807) is 0 Å². The fraction of sp³-hybridized carbons (Fsp3) is 0.120. The van der Waals surface area contributed by atoms with E-state index in [0.717, 1.165) is 39.5 Å². The average molecular weight is 350 g/mol. The van der Waals surface area contributed by atoms with Crippen LogP contribution in [0.3, 0.4) is 0 Å². The fourth-order valence-corrected chi connectivity index (χ4v) is 3.31. The van der Waals surface area contributed by atoms with Gasteiger partial charge in [0.1, 0.15) is 0 Å². The maximum absolute atomic E-state index is 5.02. The first-order valence-electron chi connectivity index (χ1n) is 9.32. The molecule has 0 radical (unpaired) electrons. The molecule has 1 heterocycles. The second kappa shape index (κ2) is 7.55. The van der Waals surface area contributed by atoms with Gasteiger partial charge in [0.2, 0.25) is 0 Å². The largest absolute Gasteiger partial charge is 0.232 e. The van der Waals surface area contributed by atoms with E-state index in [-0.39, 0.29) is 5.92 Å². The Morgan fingerprint density at radius 2 is 1.04 bits per heavy atom. The minimum Gasteiger partial charge on any atom is -0.232 e. The molecule has 0 aliphatic rings. The van der Waals surface area contributed by atoms with Crippen LogP contribution in [0.4, 0.5) is 0 Å². The number of hydrogen-bond acceptors (Lipinski definition) is 2. The summed E-state index contributed by atoms with van der Waals surface area (Å²) in [5.41, 5.74) is 6.48. The van der Waals surface area contributed by atoms with Crippen LogP contribution in [0.15, 0.2) is 91.0 Å². The molecule has 0 fully saturated rings. The molecule has 3 aromatic carbocycles. The van der Waals surface area contributed by atoms with Gasteiger partial charge in [-0.25, -0.2) is 9.97 Å². The van der Waals surface area contributed by atoms with Crippen molar-refractivity contribution in [3.63, 3.8) is 0 Å². The minimum atomic E-state index is 0.285. The third kappa shape index (κ3) is 3.52. The molecular weight excluding hydrogens is 328 g/mol. The summed E-state index contributed by atoms with van der Waals surface area (Å²) in [6.07, 6.45) is 0. The SMILES string of the molecule is CC(C)c1nc(-c2ccccc2)nc(-c2ccccc2)c1-c1ccccc1. The highest BCUT2D eigenvalue weighted by Crippen LogP contribution is 2.37. The quantitative estimate of drug-likeness (QED) is 0.414. The lowest BCUT2D eigenvalue weighted by atomic mass is 9.93. The van der Waals surface area contributed by atoms with E-state index in [4.69, 9.17) is 9.97 Å². The van der Waals surface area contributed by atoms with Crippen molar-refractivity contribution in [3.05, 3.63) is 96.7 Å². The Hall–Kier alpha value is -3.26. The van der Waals surface area contributed by atoms with Gasteiger partial charge in [-0.3, -0.25) is 0 Å². The van der Waals surface area contributed by atoms with Crippen molar-refractivity contribution >= 4 is 0 Å². The summed E-state index contributed by atoms with van der Waals surface area (Å²) in [6, 6.07) is 31.1. The van der Waals surface area contributed by atoms with E-state index in [0.29, 0.717) is 0 Å². The van der Waals surface area contributed by atoms with Gasteiger partial charge >= 0.3 is 0 Å². The minimum absolute atomic E-state index is 0.285. The predicted molar refractivity (Wildman–Crippen MR) is 112 cm³/mol. The van der Waals surface area contributed by atoms with Crippen molar-refractivity contribution < 1.29 is 0 Å². The number of nitrogens with zero attached hydrogens (tertiary/aromatic N) is 2. The maximum Gasteiger partial charge on any atom is 0.160 e. The molecule has 4 rings (SSSR count). The van der Waals surface area contributed by atoms with Gasteiger partial charge in [-0.15, -0.1) is 0 Å². The second-order valence-electron chi connectivity index (χ2n) is 6.91. The third-order valence-corrected chi connectivity index (χ3v) is 4.63. The molecule has 0 spiro atoms. The van der Waals surface area contributed by atoms with Gasteiger partial charge in [-0.05, 0) is 11.5 Å². The number of hydrogen-bond donors (Lipinski definition) is 0. The van der Waals surface area contributed by atoms with Gasteiger partial charge in [0.15, 0.2) is 5.82 Å². The Labute approximate surface area is 160 Å². The summed E-state index contributed by atoms with van der Waals surface area (Å²) in [5, 5.41) is 0. The van der Waals surface area contributed by atoms with Crippen LogP contribution in [-0.4, -0.2) is 9.97 Å². The topological polar surface area (TPSA) is 25.8 Å². The molecule has 0 unspecified atom stereocenters. The van der Waals surface area contributed by atoms with Crippen LogP contribution in [0, 0.1) is 0 Å². The molecule has 27 heavy (non-hydrogen) atoms. The standard InChI is InChI=1S/C25H22N2/c1-18(2)23-22(19-12-6-3-7-13-19)24(20-14-8-4-9-15-20)27-25(26-23)21-16-10-5-11-17-21/h3-18H,1-2H3. The zero-order valence-corrected chi connectivity index (χ0v) is 15.6. The molecule has 1 aromatic heterocycles. The van der Waals surface area contributed by atoms with Crippen LogP contribution in [0.25, 0.3) is 33.8 Å². The first-order chi connectivity index (χ1) is 13.2.